The van der Waals surface area contributed by atoms with Crippen molar-refractivity contribution in [2.75, 3.05) is 27.2 Å². The minimum Gasteiger partial charge on any atom is -0.334 e. The molecule has 5 nitrogen and oxygen atoms in total. The summed E-state index contributed by atoms with van der Waals surface area (Å²) >= 11 is 5.66. The van der Waals surface area contributed by atoms with Gasteiger partial charge in [0.1, 0.15) is 10.8 Å². The smallest absolute Gasteiger partial charge is 0.274 e. The van der Waals surface area contributed by atoms with Gasteiger partial charge in [-0.2, -0.15) is 0 Å². The first kappa shape index (κ1) is 14.9. The number of nitrogens with zero attached hydrogens (tertiary/aromatic N) is 4. The van der Waals surface area contributed by atoms with Crippen molar-refractivity contribution in [1.29, 1.82) is 0 Å². The zero-order chi connectivity index (χ0) is 13.7. The highest BCUT2D eigenvalue weighted by atomic mass is 35.5. The minimum absolute atomic E-state index is 0.115. The van der Waals surface area contributed by atoms with Crippen LogP contribution < -0.4 is 0 Å². The quantitative estimate of drug-likeness (QED) is 0.814. The molecule has 1 atom stereocenters. The first-order valence-electron chi connectivity index (χ1n) is 5.89. The second-order valence-electron chi connectivity index (χ2n) is 4.43. The summed E-state index contributed by atoms with van der Waals surface area (Å²) in [5, 5.41) is 0.288. The van der Waals surface area contributed by atoms with Crippen LogP contribution in [0.3, 0.4) is 0 Å². The molecule has 0 saturated heterocycles. The second kappa shape index (κ2) is 6.66. The normalized spacial score (nSPS) is 12.6. The van der Waals surface area contributed by atoms with Crippen molar-refractivity contribution < 1.29 is 4.79 Å². The van der Waals surface area contributed by atoms with Gasteiger partial charge in [0.2, 0.25) is 0 Å². The first-order chi connectivity index (χ1) is 8.45. The minimum atomic E-state index is -0.115. The van der Waals surface area contributed by atoms with E-state index in [1.54, 1.807) is 4.90 Å². The largest absolute Gasteiger partial charge is 0.334 e. The maximum Gasteiger partial charge on any atom is 0.274 e. The molecule has 0 fully saturated rings. The van der Waals surface area contributed by atoms with Crippen molar-refractivity contribution >= 4 is 17.5 Å². The molecule has 6 heteroatoms. The highest BCUT2D eigenvalue weighted by molar-refractivity contribution is 6.29. The van der Waals surface area contributed by atoms with Crippen molar-refractivity contribution in [1.82, 2.24) is 19.8 Å². The summed E-state index contributed by atoms with van der Waals surface area (Å²) in [5.74, 6) is -0.115. The summed E-state index contributed by atoms with van der Waals surface area (Å²) in [6.45, 7) is 5.41. The maximum atomic E-state index is 12.3. The SMILES string of the molecule is CCN(C(=O)c1cnc(Cl)cn1)C(C)CN(C)C. The molecule has 100 valence electrons. The molecule has 0 aliphatic carbocycles. The van der Waals surface area contributed by atoms with Crippen molar-refractivity contribution in [2.24, 2.45) is 0 Å². The molecular formula is C12H19ClN4O. The number of carbonyl (C=O) groups excluding carboxylic acids is 1. The Morgan fingerprint density at radius 1 is 1.39 bits per heavy atom. The van der Waals surface area contributed by atoms with Crippen LogP contribution in [-0.4, -0.2) is 58.9 Å². The molecule has 1 aromatic rings. The van der Waals surface area contributed by atoms with Crippen LogP contribution in [0.2, 0.25) is 5.15 Å². The highest BCUT2D eigenvalue weighted by Crippen LogP contribution is 2.08. The van der Waals surface area contributed by atoms with Crippen LogP contribution in [0.5, 0.6) is 0 Å². The van der Waals surface area contributed by atoms with Crippen LogP contribution in [0, 0.1) is 0 Å². The Hall–Kier alpha value is -1.20. The number of rotatable bonds is 5. The number of halogens is 1. The van der Waals surface area contributed by atoms with Gasteiger partial charge in [-0.1, -0.05) is 11.6 Å². The third-order valence-electron chi connectivity index (χ3n) is 2.60. The van der Waals surface area contributed by atoms with Crippen LogP contribution in [0.1, 0.15) is 24.3 Å². The van der Waals surface area contributed by atoms with E-state index in [1.165, 1.54) is 12.4 Å². The summed E-state index contributed by atoms with van der Waals surface area (Å²) in [4.78, 5) is 24.0. The van der Waals surface area contributed by atoms with Gasteiger partial charge >= 0.3 is 0 Å². The number of carbonyl (C=O) groups is 1. The molecule has 1 aromatic heterocycles. The molecule has 0 aliphatic rings. The number of hydrogen-bond acceptors (Lipinski definition) is 4. The van der Waals surface area contributed by atoms with Gasteiger partial charge in [-0.3, -0.25) is 4.79 Å². The topological polar surface area (TPSA) is 49.3 Å². The van der Waals surface area contributed by atoms with Crippen LogP contribution in [0.15, 0.2) is 12.4 Å². The van der Waals surface area contributed by atoms with Crippen LogP contribution in [0.25, 0.3) is 0 Å². The third kappa shape index (κ3) is 3.92. The summed E-state index contributed by atoms with van der Waals surface area (Å²) in [5.41, 5.74) is 0.326. The molecule has 0 saturated carbocycles. The lowest BCUT2D eigenvalue weighted by atomic mass is 10.2. The number of likely N-dealkylation sites (N-methyl/N-ethyl adjacent to an activating group) is 2. The monoisotopic (exact) mass is 270 g/mol. The number of aromatic nitrogens is 2. The molecule has 0 N–H and O–H groups in total. The van der Waals surface area contributed by atoms with E-state index in [2.05, 4.69) is 9.97 Å². The zero-order valence-electron chi connectivity index (χ0n) is 11.2. The van der Waals surface area contributed by atoms with Gasteiger partial charge in [0.25, 0.3) is 5.91 Å². The first-order valence-corrected chi connectivity index (χ1v) is 6.26. The fraction of sp³-hybridized carbons (Fsp3) is 0.583. The van der Waals surface area contributed by atoms with Gasteiger partial charge in [0, 0.05) is 19.1 Å². The van der Waals surface area contributed by atoms with Crippen molar-refractivity contribution in [3.63, 3.8) is 0 Å². The van der Waals surface area contributed by atoms with E-state index in [-0.39, 0.29) is 17.1 Å². The maximum absolute atomic E-state index is 12.3. The predicted molar refractivity (Wildman–Crippen MR) is 71.8 cm³/mol. The van der Waals surface area contributed by atoms with E-state index < -0.39 is 0 Å². The Morgan fingerprint density at radius 2 is 2.06 bits per heavy atom. The second-order valence-corrected chi connectivity index (χ2v) is 4.81. The van der Waals surface area contributed by atoms with Crippen molar-refractivity contribution in [3.05, 3.63) is 23.2 Å². The van der Waals surface area contributed by atoms with E-state index in [0.717, 1.165) is 6.54 Å². The molecule has 0 radical (unpaired) electrons. The molecule has 1 amide bonds. The van der Waals surface area contributed by atoms with Crippen LogP contribution in [-0.2, 0) is 0 Å². The third-order valence-corrected chi connectivity index (χ3v) is 2.80. The van der Waals surface area contributed by atoms with Crippen LogP contribution in [0.4, 0.5) is 0 Å². The average molecular weight is 271 g/mol. The number of amides is 1. The molecule has 0 aliphatic heterocycles. The van der Waals surface area contributed by atoms with Gasteiger partial charge in [0.05, 0.1) is 12.4 Å². The van der Waals surface area contributed by atoms with Gasteiger partial charge in [0.15, 0.2) is 0 Å². The lowest BCUT2D eigenvalue weighted by molar-refractivity contribution is 0.0672. The van der Waals surface area contributed by atoms with Gasteiger partial charge in [-0.25, -0.2) is 9.97 Å². The van der Waals surface area contributed by atoms with Crippen molar-refractivity contribution in [3.8, 4) is 0 Å². The van der Waals surface area contributed by atoms with E-state index >= 15 is 0 Å². The Morgan fingerprint density at radius 3 is 2.50 bits per heavy atom. The van der Waals surface area contributed by atoms with Gasteiger partial charge < -0.3 is 9.80 Å². The van der Waals surface area contributed by atoms with E-state index in [1.807, 2.05) is 32.8 Å². The Labute approximate surface area is 113 Å². The summed E-state index contributed by atoms with van der Waals surface area (Å²) in [6, 6.07) is 0.120. The Balaban J connectivity index is 2.81. The Kier molecular flexibility index (Phi) is 5.50. The lowest BCUT2D eigenvalue weighted by Crippen LogP contribution is -2.44. The molecular weight excluding hydrogens is 252 g/mol. The van der Waals surface area contributed by atoms with Gasteiger partial charge in [-0.05, 0) is 27.9 Å². The lowest BCUT2D eigenvalue weighted by Gasteiger charge is -2.29. The van der Waals surface area contributed by atoms with E-state index in [9.17, 15) is 4.79 Å². The molecule has 1 heterocycles. The summed E-state index contributed by atoms with van der Waals surface area (Å²) < 4.78 is 0. The molecule has 0 bridgehead atoms. The average Bonchev–Trinajstić information content (AvgIpc) is 2.29. The van der Waals surface area contributed by atoms with Crippen molar-refractivity contribution in [2.45, 2.75) is 19.9 Å². The summed E-state index contributed by atoms with van der Waals surface area (Å²) in [6.07, 6.45) is 2.80. The molecule has 18 heavy (non-hydrogen) atoms. The van der Waals surface area contributed by atoms with Gasteiger partial charge in [-0.15, -0.1) is 0 Å². The number of hydrogen-bond donors (Lipinski definition) is 0. The predicted octanol–water partition coefficient (Wildman–Crippen LogP) is 1.54. The molecule has 1 unspecified atom stereocenters. The van der Waals surface area contributed by atoms with Crippen LogP contribution >= 0.6 is 11.6 Å². The zero-order valence-corrected chi connectivity index (χ0v) is 12.0. The standard InChI is InChI=1S/C12H19ClN4O/c1-5-17(9(2)8-16(3)4)12(18)10-6-15-11(13)7-14-10/h6-7,9H,5,8H2,1-4H3. The summed E-state index contributed by atoms with van der Waals surface area (Å²) in [7, 11) is 3.97. The van der Waals surface area contributed by atoms with E-state index in [0.29, 0.717) is 12.2 Å². The molecule has 0 aromatic carbocycles. The Bertz CT molecular complexity index is 394. The van der Waals surface area contributed by atoms with E-state index in [4.69, 9.17) is 11.6 Å². The highest BCUT2D eigenvalue weighted by Gasteiger charge is 2.21. The fourth-order valence-corrected chi connectivity index (χ4v) is 1.95. The fourth-order valence-electron chi connectivity index (χ4n) is 1.85. The molecule has 1 rings (SSSR count). The molecule has 0 spiro atoms.